The number of benzene rings is 1. The number of piperazine rings is 1. The van der Waals surface area contributed by atoms with Crippen LogP contribution in [0.1, 0.15) is 32.8 Å². The molecule has 1 atom stereocenters. The smallest absolute Gasteiger partial charge is 0.450 e. The van der Waals surface area contributed by atoms with E-state index in [1.165, 1.54) is 57.0 Å². The normalized spacial score (nSPS) is 20.9. The summed E-state index contributed by atoms with van der Waals surface area (Å²) in [6.07, 6.45) is -5.74. The van der Waals surface area contributed by atoms with Crippen molar-refractivity contribution in [2.24, 2.45) is 5.92 Å². The summed E-state index contributed by atoms with van der Waals surface area (Å²) in [7, 11) is -2.36. The molecule has 47 heavy (non-hydrogen) atoms. The molecule has 2 aliphatic heterocycles. The Balaban J connectivity index is 1.51. The van der Waals surface area contributed by atoms with Gasteiger partial charge in [-0.15, -0.1) is 0 Å². The van der Waals surface area contributed by atoms with Gasteiger partial charge in [-0.2, -0.15) is 13.2 Å². The molecule has 18 heteroatoms. The number of nitrogens with zero attached hydrogens (tertiary/aromatic N) is 5. The van der Waals surface area contributed by atoms with Crippen molar-refractivity contribution in [2.75, 3.05) is 53.3 Å². The molecule has 1 aromatic heterocycles. The van der Waals surface area contributed by atoms with E-state index in [9.17, 15) is 45.4 Å². The molecule has 2 aromatic rings. The van der Waals surface area contributed by atoms with Crippen molar-refractivity contribution in [1.82, 2.24) is 4.90 Å². The van der Waals surface area contributed by atoms with E-state index in [0.717, 1.165) is 13.3 Å². The van der Waals surface area contributed by atoms with Crippen LogP contribution in [0.2, 0.25) is 0 Å². The molecule has 2 fully saturated rings. The molecular weight excluding hydrogens is 657 g/mol. The molecule has 3 aliphatic rings. The van der Waals surface area contributed by atoms with E-state index in [2.05, 4.69) is 0 Å². The van der Waals surface area contributed by atoms with Crippen molar-refractivity contribution < 1.29 is 59.7 Å². The van der Waals surface area contributed by atoms with E-state index in [0.29, 0.717) is 5.56 Å². The van der Waals surface area contributed by atoms with Gasteiger partial charge < -0.3 is 9.64 Å². The zero-order valence-electron chi connectivity index (χ0n) is 26.2. The number of ether oxygens (including phenoxy) is 1. The lowest BCUT2D eigenvalue weighted by Gasteiger charge is -2.42. The molecule has 1 unspecified atom stereocenters. The standard InChI is InChI=1S/C29H34F5N5O7S/c1-17-6-9-23(36-10-12-37(13-11-36)25(41)27(3,4)45-18(2)40)39(46-26(42)29(32,33)34)24(17)19-7-8-21-22(14-19)35(5)47(43,44)38(21)16-20-15-28(20,30)31/h6-9,14,20H,10-13,15-16H2,1-5H3,(H-,43,44)/p+1. The second-order valence-corrected chi connectivity index (χ2v) is 14.2. The first-order valence-corrected chi connectivity index (χ1v) is 16.0. The molecule has 1 saturated carbocycles. The van der Waals surface area contributed by atoms with Gasteiger partial charge in [-0.3, -0.25) is 32.2 Å². The van der Waals surface area contributed by atoms with Crippen LogP contribution in [0.4, 0.5) is 39.1 Å². The number of pyridine rings is 1. The van der Waals surface area contributed by atoms with E-state index in [-0.39, 0.29) is 67.6 Å². The summed E-state index contributed by atoms with van der Waals surface area (Å²) in [5.74, 6) is -7.51. The molecule has 0 spiro atoms. The number of amides is 1. The van der Waals surface area contributed by atoms with Crippen molar-refractivity contribution in [3.63, 3.8) is 0 Å². The molecule has 1 amide bonds. The van der Waals surface area contributed by atoms with Crippen molar-refractivity contribution in [3.05, 3.63) is 35.9 Å². The molecule has 5 rings (SSSR count). The van der Waals surface area contributed by atoms with Gasteiger partial charge in [0.25, 0.3) is 11.8 Å². The quantitative estimate of drug-likeness (QED) is 0.250. The Morgan fingerprint density at radius 2 is 1.66 bits per heavy atom. The van der Waals surface area contributed by atoms with Crippen LogP contribution < -0.4 is 23.1 Å². The highest BCUT2D eigenvalue weighted by atomic mass is 32.3. The Labute approximate surface area is 268 Å². The second kappa shape index (κ2) is 11.7. The molecule has 0 bridgehead atoms. The zero-order valence-corrected chi connectivity index (χ0v) is 27.0. The predicted molar refractivity (Wildman–Crippen MR) is 161 cm³/mol. The van der Waals surface area contributed by atoms with Crippen molar-refractivity contribution >= 4 is 46.0 Å². The molecule has 0 radical (unpaired) electrons. The average molecular weight is 693 g/mol. The van der Waals surface area contributed by atoms with Crippen molar-refractivity contribution in [1.29, 1.82) is 0 Å². The minimum absolute atomic E-state index is 0.0365. The Morgan fingerprint density at radius 3 is 2.21 bits per heavy atom. The topological polar surface area (TPSA) is 127 Å². The molecule has 1 aromatic carbocycles. The number of anilines is 3. The summed E-state index contributed by atoms with van der Waals surface area (Å²) in [5.41, 5.74) is -0.324. The highest BCUT2D eigenvalue weighted by Crippen LogP contribution is 2.63. The Hall–Kier alpha value is -3.90. The number of esters is 1. The number of alkyl halides is 5. The first-order valence-electron chi connectivity index (χ1n) is 14.6. The van der Waals surface area contributed by atoms with Crippen LogP contribution >= 0.6 is 11.0 Å². The number of carbonyl (C=O) groups is 3. The summed E-state index contributed by atoms with van der Waals surface area (Å²) in [6, 6.07) is 7.43. The lowest BCUT2D eigenvalue weighted by atomic mass is 10.0. The van der Waals surface area contributed by atoms with E-state index in [1.807, 2.05) is 0 Å². The summed E-state index contributed by atoms with van der Waals surface area (Å²) in [5, 5.41) is 0. The number of hydrogen-bond acceptors (Lipinski definition) is 10. The summed E-state index contributed by atoms with van der Waals surface area (Å²) in [4.78, 5) is 44.8. The van der Waals surface area contributed by atoms with Crippen LogP contribution in [-0.2, 0) is 19.1 Å². The molecule has 1 saturated heterocycles. The Morgan fingerprint density at radius 1 is 1.04 bits per heavy atom. The summed E-state index contributed by atoms with van der Waals surface area (Å²) < 4.78 is 97.9. The van der Waals surface area contributed by atoms with Crippen LogP contribution in [0, 0.1) is 12.8 Å². The number of fused-ring (bicyclic) bond motifs is 1. The lowest BCUT2D eigenvalue weighted by Crippen LogP contribution is -2.59. The molecule has 258 valence electrons. The van der Waals surface area contributed by atoms with Crippen LogP contribution in [0.25, 0.3) is 11.3 Å². The Bertz CT molecular complexity index is 1610. The molecular formula is C29H35F5N5O7S+. The van der Waals surface area contributed by atoms with Crippen LogP contribution in [0.5, 0.6) is 0 Å². The maximum Gasteiger partial charge on any atom is 0.495 e. The van der Waals surface area contributed by atoms with Gasteiger partial charge in [-0.25, -0.2) is 18.4 Å². The SMILES string of the molecule is CC(=O)OC(C)(C)C(=O)N1CCN(c2ccc(C)c(-c3ccc4c(c3)N(C)S(O)(O)N4CC3CC3(F)F)[n+]2OC(=O)C(F)(F)F)CC1. The minimum Gasteiger partial charge on any atom is -0.450 e. The highest BCUT2D eigenvalue weighted by molar-refractivity contribution is 8.26. The predicted octanol–water partition coefficient (Wildman–Crippen LogP) is 3.95. The first-order chi connectivity index (χ1) is 21.6. The van der Waals surface area contributed by atoms with E-state index in [1.54, 1.807) is 17.9 Å². The largest absolute Gasteiger partial charge is 0.495 e. The Kier molecular flexibility index (Phi) is 8.54. The van der Waals surface area contributed by atoms with Gasteiger partial charge in [0.05, 0.1) is 24.5 Å². The van der Waals surface area contributed by atoms with Crippen molar-refractivity contribution in [2.45, 2.75) is 51.8 Å². The second-order valence-electron chi connectivity index (χ2n) is 12.2. The van der Waals surface area contributed by atoms with E-state index >= 15 is 0 Å². The van der Waals surface area contributed by atoms with Crippen LogP contribution in [0.15, 0.2) is 30.3 Å². The molecule has 1 aliphatic carbocycles. The van der Waals surface area contributed by atoms with E-state index < -0.39 is 52.4 Å². The van der Waals surface area contributed by atoms with Gasteiger partial charge in [-0.1, -0.05) is 0 Å². The lowest BCUT2D eigenvalue weighted by molar-refractivity contribution is -0.851. The van der Waals surface area contributed by atoms with Gasteiger partial charge in [0.2, 0.25) is 0 Å². The highest BCUT2D eigenvalue weighted by Gasteiger charge is 2.59. The van der Waals surface area contributed by atoms with Gasteiger partial charge in [-0.05, 0) is 60.7 Å². The number of aromatic nitrogens is 1. The fourth-order valence-corrected chi connectivity index (χ4v) is 7.26. The maximum absolute atomic E-state index is 13.7. The maximum atomic E-state index is 13.7. The molecule has 2 N–H and O–H groups in total. The first kappa shape index (κ1) is 34.4. The molecule has 12 nitrogen and oxygen atoms in total. The average Bonchev–Trinajstić information content (AvgIpc) is 3.53. The van der Waals surface area contributed by atoms with Crippen molar-refractivity contribution in [3.8, 4) is 11.3 Å². The van der Waals surface area contributed by atoms with Gasteiger partial charge in [0.1, 0.15) is 13.1 Å². The fraction of sp³-hybridized carbons (Fsp3) is 0.517. The number of rotatable bonds is 7. The van der Waals surface area contributed by atoms with Crippen LogP contribution in [-0.4, -0.2) is 89.3 Å². The number of halogens is 5. The zero-order chi connectivity index (χ0) is 34.9. The fourth-order valence-electron chi connectivity index (χ4n) is 5.76. The third-order valence-electron chi connectivity index (χ3n) is 8.34. The number of aryl methyl sites for hydroxylation is 1. The monoisotopic (exact) mass is 692 g/mol. The third-order valence-corrected chi connectivity index (χ3v) is 10.2. The molecule has 3 heterocycles. The number of carbonyl (C=O) groups excluding carboxylic acids is 3. The summed E-state index contributed by atoms with van der Waals surface area (Å²) >= 11 is 0. The summed E-state index contributed by atoms with van der Waals surface area (Å²) in [6.45, 7) is 5.78. The van der Waals surface area contributed by atoms with Gasteiger partial charge >= 0.3 is 23.9 Å². The third kappa shape index (κ3) is 6.49. The van der Waals surface area contributed by atoms with Gasteiger partial charge in [0, 0.05) is 50.0 Å². The van der Waals surface area contributed by atoms with Crippen LogP contribution in [0.3, 0.4) is 0 Å². The minimum atomic E-state index is -5.35. The van der Waals surface area contributed by atoms with Gasteiger partial charge in [0.15, 0.2) is 11.3 Å². The van der Waals surface area contributed by atoms with E-state index in [4.69, 9.17) is 9.57 Å². The number of hydrogen-bond donors (Lipinski definition) is 2.